The SMILES string of the molecule is Clc1ccccc1COc1ccc(CNC2CC2)cn1. The van der Waals surface area contributed by atoms with Crippen molar-refractivity contribution in [3.05, 3.63) is 58.7 Å². The lowest BCUT2D eigenvalue weighted by atomic mass is 10.2. The maximum Gasteiger partial charge on any atom is 0.213 e. The van der Waals surface area contributed by atoms with E-state index in [-0.39, 0.29) is 0 Å². The number of ether oxygens (including phenoxy) is 1. The van der Waals surface area contributed by atoms with Gasteiger partial charge in [0.25, 0.3) is 0 Å². The van der Waals surface area contributed by atoms with Crippen LogP contribution >= 0.6 is 11.6 Å². The Hall–Kier alpha value is -1.58. The molecule has 1 saturated carbocycles. The summed E-state index contributed by atoms with van der Waals surface area (Å²) in [5.41, 5.74) is 2.15. The first-order chi connectivity index (χ1) is 9.81. The number of hydrogen-bond acceptors (Lipinski definition) is 3. The van der Waals surface area contributed by atoms with Gasteiger partial charge in [0.2, 0.25) is 5.88 Å². The second-order valence-corrected chi connectivity index (χ2v) is 5.45. The fourth-order valence-electron chi connectivity index (χ4n) is 1.92. The lowest BCUT2D eigenvalue weighted by Gasteiger charge is -2.08. The molecule has 1 aromatic heterocycles. The number of nitrogens with zero attached hydrogens (tertiary/aromatic N) is 1. The van der Waals surface area contributed by atoms with Gasteiger partial charge in [-0.15, -0.1) is 0 Å². The summed E-state index contributed by atoms with van der Waals surface area (Å²) >= 11 is 6.08. The van der Waals surface area contributed by atoms with Crippen LogP contribution in [-0.2, 0) is 13.2 Å². The van der Waals surface area contributed by atoms with Gasteiger partial charge in [0, 0.05) is 35.4 Å². The van der Waals surface area contributed by atoms with E-state index < -0.39 is 0 Å². The van der Waals surface area contributed by atoms with Gasteiger partial charge in [0.15, 0.2) is 0 Å². The molecule has 1 aliphatic carbocycles. The highest BCUT2D eigenvalue weighted by Crippen LogP contribution is 2.20. The van der Waals surface area contributed by atoms with E-state index in [1.54, 1.807) is 0 Å². The van der Waals surface area contributed by atoms with Crippen LogP contribution in [0.4, 0.5) is 0 Å². The molecule has 1 N–H and O–H groups in total. The van der Waals surface area contributed by atoms with Crippen molar-refractivity contribution >= 4 is 11.6 Å². The number of pyridine rings is 1. The van der Waals surface area contributed by atoms with Crippen molar-refractivity contribution in [1.29, 1.82) is 0 Å². The molecule has 1 fully saturated rings. The molecule has 0 radical (unpaired) electrons. The summed E-state index contributed by atoms with van der Waals surface area (Å²) in [7, 11) is 0. The highest BCUT2D eigenvalue weighted by molar-refractivity contribution is 6.31. The Morgan fingerprint density at radius 1 is 1.20 bits per heavy atom. The van der Waals surface area contributed by atoms with Crippen LogP contribution in [-0.4, -0.2) is 11.0 Å². The molecule has 0 aliphatic heterocycles. The van der Waals surface area contributed by atoms with Gasteiger partial charge in [-0.1, -0.05) is 35.9 Å². The molecule has 1 aromatic carbocycles. The number of nitrogens with one attached hydrogen (secondary N) is 1. The van der Waals surface area contributed by atoms with Crippen LogP contribution in [0.5, 0.6) is 5.88 Å². The van der Waals surface area contributed by atoms with Crippen molar-refractivity contribution in [2.24, 2.45) is 0 Å². The Morgan fingerprint density at radius 2 is 2.05 bits per heavy atom. The summed E-state index contributed by atoms with van der Waals surface area (Å²) in [4.78, 5) is 4.32. The van der Waals surface area contributed by atoms with Gasteiger partial charge < -0.3 is 10.1 Å². The highest BCUT2D eigenvalue weighted by Gasteiger charge is 2.19. The average Bonchev–Trinajstić information content (AvgIpc) is 3.30. The third-order valence-corrected chi connectivity index (χ3v) is 3.67. The average molecular weight is 289 g/mol. The van der Waals surface area contributed by atoms with Crippen molar-refractivity contribution < 1.29 is 4.74 Å². The molecule has 20 heavy (non-hydrogen) atoms. The quantitative estimate of drug-likeness (QED) is 0.882. The van der Waals surface area contributed by atoms with Gasteiger partial charge in [-0.3, -0.25) is 0 Å². The van der Waals surface area contributed by atoms with Crippen LogP contribution < -0.4 is 10.1 Å². The van der Waals surface area contributed by atoms with Gasteiger partial charge in [-0.2, -0.15) is 0 Å². The summed E-state index contributed by atoms with van der Waals surface area (Å²) < 4.78 is 5.65. The van der Waals surface area contributed by atoms with Crippen molar-refractivity contribution in [3.63, 3.8) is 0 Å². The van der Waals surface area contributed by atoms with Gasteiger partial charge >= 0.3 is 0 Å². The van der Waals surface area contributed by atoms with E-state index in [9.17, 15) is 0 Å². The first kappa shape index (κ1) is 13.4. The molecular weight excluding hydrogens is 272 g/mol. The molecule has 1 aliphatic rings. The molecule has 3 rings (SSSR count). The topological polar surface area (TPSA) is 34.1 Å². The Labute approximate surface area is 123 Å². The number of rotatable bonds is 6. The Kier molecular flexibility index (Phi) is 4.19. The van der Waals surface area contributed by atoms with Gasteiger partial charge in [0.1, 0.15) is 6.61 Å². The van der Waals surface area contributed by atoms with E-state index in [1.807, 2.05) is 42.6 Å². The molecule has 0 atom stereocenters. The first-order valence-electron chi connectivity index (χ1n) is 6.86. The number of benzene rings is 1. The summed E-state index contributed by atoms with van der Waals surface area (Å²) in [6.07, 6.45) is 4.45. The van der Waals surface area contributed by atoms with Crippen molar-refractivity contribution in [3.8, 4) is 5.88 Å². The molecule has 0 bridgehead atoms. The Morgan fingerprint density at radius 3 is 2.75 bits per heavy atom. The predicted molar refractivity (Wildman–Crippen MR) is 79.9 cm³/mol. The maximum atomic E-state index is 6.08. The van der Waals surface area contributed by atoms with Crippen LogP contribution in [0.2, 0.25) is 5.02 Å². The van der Waals surface area contributed by atoms with Crippen molar-refractivity contribution in [2.75, 3.05) is 0 Å². The smallest absolute Gasteiger partial charge is 0.213 e. The zero-order valence-electron chi connectivity index (χ0n) is 11.2. The number of aromatic nitrogens is 1. The molecule has 0 saturated heterocycles. The number of hydrogen-bond donors (Lipinski definition) is 1. The van der Waals surface area contributed by atoms with Crippen molar-refractivity contribution in [2.45, 2.75) is 32.0 Å². The molecule has 0 amide bonds. The molecule has 1 heterocycles. The second-order valence-electron chi connectivity index (χ2n) is 5.04. The monoisotopic (exact) mass is 288 g/mol. The molecule has 2 aromatic rings. The van der Waals surface area contributed by atoms with Crippen LogP contribution in [0, 0.1) is 0 Å². The molecule has 0 unspecified atom stereocenters. The maximum absolute atomic E-state index is 6.08. The zero-order chi connectivity index (χ0) is 13.8. The molecule has 3 nitrogen and oxygen atoms in total. The third kappa shape index (κ3) is 3.71. The van der Waals surface area contributed by atoms with Crippen LogP contribution in [0.3, 0.4) is 0 Å². The third-order valence-electron chi connectivity index (χ3n) is 3.30. The van der Waals surface area contributed by atoms with E-state index in [0.717, 1.165) is 17.1 Å². The van der Waals surface area contributed by atoms with E-state index >= 15 is 0 Å². The molecule has 0 spiro atoms. The zero-order valence-corrected chi connectivity index (χ0v) is 11.9. The minimum atomic E-state index is 0.437. The van der Waals surface area contributed by atoms with Crippen LogP contribution in [0.1, 0.15) is 24.0 Å². The normalized spacial score (nSPS) is 14.2. The largest absolute Gasteiger partial charge is 0.473 e. The summed E-state index contributed by atoms with van der Waals surface area (Å²) in [6.45, 7) is 1.31. The highest BCUT2D eigenvalue weighted by atomic mass is 35.5. The van der Waals surface area contributed by atoms with E-state index in [0.29, 0.717) is 18.5 Å². The van der Waals surface area contributed by atoms with Gasteiger partial charge in [-0.05, 0) is 24.5 Å². The van der Waals surface area contributed by atoms with Gasteiger partial charge in [0.05, 0.1) is 0 Å². The Balaban J connectivity index is 1.53. The van der Waals surface area contributed by atoms with E-state index in [1.165, 1.54) is 18.4 Å². The summed E-state index contributed by atoms with van der Waals surface area (Å²) in [6, 6.07) is 12.3. The predicted octanol–water partition coefficient (Wildman–Crippen LogP) is 3.57. The number of halogens is 1. The Bertz CT molecular complexity index is 567. The lowest BCUT2D eigenvalue weighted by molar-refractivity contribution is 0.294. The minimum Gasteiger partial charge on any atom is -0.473 e. The van der Waals surface area contributed by atoms with Crippen LogP contribution in [0.15, 0.2) is 42.6 Å². The first-order valence-corrected chi connectivity index (χ1v) is 7.23. The molecule has 104 valence electrons. The summed E-state index contributed by atoms with van der Waals surface area (Å²) in [5.74, 6) is 0.625. The van der Waals surface area contributed by atoms with E-state index in [4.69, 9.17) is 16.3 Å². The fraction of sp³-hybridized carbons (Fsp3) is 0.312. The summed E-state index contributed by atoms with van der Waals surface area (Å²) in [5, 5.41) is 4.18. The van der Waals surface area contributed by atoms with Gasteiger partial charge in [-0.25, -0.2) is 4.98 Å². The van der Waals surface area contributed by atoms with Crippen molar-refractivity contribution in [1.82, 2.24) is 10.3 Å². The molecular formula is C16H17ClN2O. The minimum absolute atomic E-state index is 0.437. The second kappa shape index (κ2) is 6.25. The van der Waals surface area contributed by atoms with Crippen LogP contribution in [0.25, 0.3) is 0 Å². The fourth-order valence-corrected chi connectivity index (χ4v) is 2.11. The lowest BCUT2D eigenvalue weighted by Crippen LogP contribution is -2.15. The molecule has 4 heteroatoms. The van der Waals surface area contributed by atoms with E-state index in [2.05, 4.69) is 10.3 Å². The standard InChI is InChI=1S/C16H17ClN2O/c17-15-4-2-1-3-13(15)11-20-16-8-5-12(10-19-16)9-18-14-6-7-14/h1-5,8,10,14,18H,6-7,9,11H2.